The second-order valence-electron chi connectivity index (χ2n) is 8.75. The van der Waals surface area contributed by atoms with Gasteiger partial charge >= 0.3 is 5.97 Å². The molecule has 5 rings (SSSR count). The van der Waals surface area contributed by atoms with Crippen LogP contribution in [-0.2, 0) is 22.4 Å². The van der Waals surface area contributed by atoms with Crippen molar-refractivity contribution in [2.24, 2.45) is 5.92 Å². The zero-order chi connectivity index (χ0) is 25.2. The zero-order valence-corrected chi connectivity index (χ0v) is 21.9. The van der Waals surface area contributed by atoms with Crippen molar-refractivity contribution in [3.8, 4) is 22.9 Å². The first-order valence-electron chi connectivity index (χ1n) is 11.9. The number of carbonyl (C=O) groups excluding carboxylic acids is 2. The Labute approximate surface area is 216 Å². The molecule has 2 atom stereocenters. The summed E-state index contributed by atoms with van der Waals surface area (Å²) in [7, 11) is 0. The molecule has 10 heteroatoms. The maximum Gasteiger partial charge on any atom is 0.341 e. The number of rotatable bonds is 8. The fourth-order valence-electron chi connectivity index (χ4n) is 4.29. The van der Waals surface area contributed by atoms with Gasteiger partial charge < -0.3 is 23.9 Å². The quantitative estimate of drug-likeness (QED) is 0.202. The van der Waals surface area contributed by atoms with E-state index in [1.54, 1.807) is 38.5 Å². The van der Waals surface area contributed by atoms with Crippen LogP contribution in [0.1, 0.15) is 48.0 Å². The molecule has 4 heterocycles. The summed E-state index contributed by atoms with van der Waals surface area (Å²) in [4.78, 5) is 35.1. The average Bonchev–Trinajstić information content (AvgIpc) is 3.64. The maximum atomic E-state index is 13.2. The maximum absolute atomic E-state index is 13.2. The van der Waals surface area contributed by atoms with Crippen LogP contribution in [0.5, 0.6) is 0 Å². The summed E-state index contributed by atoms with van der Waals surface area (Å²) in [6.07, 6.45) is 5.92. The third-order valence-electron chi connectivity index (χ3n) is 6.09. The highest BCUT2D eigenvalue weighted by atomic mass is 32.2. The van der Waals surface area contributed by atoms with E-state index in [0.29, 0.717) is 44.5 Å². The molecule has 0 aliphatic heterocycles. The molecule has 4 aromatic heterocycles. The highest BCUT2D eigenvalue weighted by molar-refractivity contribution is 8.00. The number of aromatic amines is 1. The molecule has 0 aromatic carbocycles. The van der Waals surface area contributed by atoms with Crippen LogP contribution < -0.4 is 5.32 Å². The minimum Gasteiger partial charge on any atom is -0.463 e. The number of anilines is 1. The predicted octanol–water partition coefficient (Wildman–Crippen LogP) is 6.41. The number of fused-ring (bicyclic) bond motifs is 1. The highest BCUT2D eigenvalue weighted by Crippen LogP contribution is 2.41. The van der Waals surface area contributed by atoms with E-state index in [1.165, 1.54) is 23.1 Å². The molecule has 0 bridgehead atoms. The van der Waals surface area contributed by atoms with Crippen molar-refractivity contribution in [3.05, 3.63) is 52.8 Å². The van der Waals surface area contributed by atoms with Crippen LogP contribution in [0.25, 0.3) is 22.9 Å². The third-order valence-corrected chi connectivity index (χ3v) is 8.24. The van der Waals surface area contributed by atoms with Gasteiger partial charge in [0.2, 0.25) is 5.91 Å². The van der Waals surface area contributed by atoms with Gasteiger partial charge in [-0.15, -0.1) is 11.3 Å². The molecule has 2 N–H and O–H groups in total. The smallest absolute Gasteiger partial charge is 0.341 e. The van der Waals surface area contributed by atoms with E-state index < -0.39 is 5.25 Å². The molecule has 1 aliphatic rings. The lowest BCUT2D eigenvalue weighted by Crippen LogP contribution is -2.23. The van der Waals surface area contributed by atoms with Gasteiger partial charge in [-0.3, -0.25) is 4.79 Å². The highest BCUT2D eigenvalue weighted by Gasteiger charge is 2.30. The van der Waals surface area contributed by atoms with E-state index >= 15 is 0 Å². The summed E-state index contributed by atoms with van der Waals surface area (Å²) in [5.74, 6) is 1.18. The molecule has 2 unspecified atom stereocenters. The van der Waals surface area contributed by atoms with Gasteiger partial charge in [0, 0.05) is 4.88 Å². The summed E-state index contributed by atoms with van der Waals surface area (Å²) in [6, 6.07) is 7.25. The van der Waals surface area contributed by atoms with Crippen molar-refractivity contribution < 1.29 is 23.2 Å². The number of nitrogens with one attached hydrogen (secondary N) is 2. The molecule has 0 fully saturated rings. The lowest BCUT2D eigenvalue weighted by Gasteiger charge is -2.18. The minimum atomic E-state index is -0.488. The number of aromatic nitrogens is 2. The fourth-order valence-corrected chi connectivity index (χ4v) is 6.50. The first-order valence-corrected chi connectivity index (χ1v) is 13.6. The molecular formula is C26H27N3O5S2. The number of furan rings is 2. The Hall–Kier alpha value is -3.24. The number of hydrogen-bond acceptors (Lipinski definition) is 8. The zero-order valence-electron chi connectivity index (χ0n) is 20.3. The van der Waals surface area contributed by atoms with Crippen molar-refractivity contribution in [1.82, 2.24) is 9.97 Å². The van der Waals surface area contributed by atoms with E-state index in [-0.39, 0.29) is 18.5 Å². The number of thiophene rings is 1. The largest absolute Gasteiger partial charge is 0.463 e. The number of esters is 1. The predicted molar refractivity (Wildman–Crippen MR) is 139 cm³/mol. The normalized spacial score (nSPS) is 15.9. The van der Waals surface area contributed by atoms with Gasteiger partial charge in [-0.1, -0.05) is 18.7 Å². The van der Waals surface area contributed by atoms with Crippen LogP contribution >= 0.6 is 23.1 Å². The van der Waals surface area contributed by atoms with Gasteiger partial charge in [-0.05, 0) is 68.9 Å². The van der Waals surface area contributed by atoms with E-state index in [9.17, 15) is 9.59 Å². The number of amides is 1. The topological polar surface area (TPSA) is 110 Å². The van der Waals surface area contributed by atoms with Crippen molar-refractivity contribution in [2.45, 2.75) is 50.4 Å². The van der Waals surface area contributed by atoms with Gasteiger partial charge in [-0.25, -0.2) is 9.78 Å². The van der Waals surface area contributed by atoms with Crippen molar-refractivity contribution in [2.75, 3.05) is 11.9 Å². The van der Waals surface area contributed by atoms with E-state index in [0.717, 1.165) is 29.7 Å². The summed E-state index contributed by atoms with van der Waals surface area (Å²) in [5.41, 5.74) is 2.81. The second kappa shape index (κ2) is 10.4. The summed E-state index contributed by atoms with van der Waals surface area (Å²) < 4.78 is 16.4. The molecule has 4 aromatic rings. The first kappa shape index (κ1) is 24.5. The Morgan fingerprint density at radius 3 is 2.72 bits per heavy atom. The number of carbonyl (C=O) groups is 2. The van der Waals surface area contributed by atoms with Crippen LogP contribution in [0.15, 0.2) is 50.8 Å². The van der Waals surface area contributed by atoms with Crippen molar-refractivity contribution in [3.63, 3.8) is 0 Å². The van der Waals surface area contributed by atoms with E-state index in [1.807, 2.05) is 12.1 Å². The number of H-pyrrole nitrogens is 1. The standard InChI is InChI=1S/C26H27N3O5S2/c1-4-32-25(31)20-16-10-9-14(2)13-19(16)36-24(20)29-23(30)15(3)35-26-27-21(17-7-5-11-33-17)22(28-26)18-8-6-12-34-18/h5-8,11-12,14-15H,4,9-10,13H2,1-3H3,(H,27,28)(H,29,30). The molecule has 1 amide bonds. The van der Waals surface area contributed by atoms with Crippen LogP contribution in [0.4, 0.5) is 5.00 Å². The molecule has 1 aliphatic carbocycles. The van der Waals surface area contributed by atoms with Gasteiger partial charge in [0.1, 0.15) is 16.4 Å². The van der Waals surface area contributed by atoms with E-state index in [4.69, 9.17) is 13.6 Å². The van der Waals surface area contributed by atoms with Crippen molar-refractivity contribution >= 4 is 40.0 Å². The lowest BCUT2D eigenvalue weighted by atomic mass is 9.88. The van der Waals surface area contributed by atoms with Crippen LogP contribution in [0, 0.1) is 5.92 Å². The molecule has 188 valence electrons. The molecule has 0 saturated heterocycles. The van der Waals surface area contributed by atoms with Crippen LogP contribution in [0.2, 0.25) is 0 Å². The molecule has 0 radical (unpaired) electrons. The second-order valence-corrected chi connectivity index (χ2v) is 11.2. The SMILES string of the molecule is CCOC(=O)c1c(NC(=O)C(C)Sc2nc(-c3ccco3)c(-c3ccco3)[nH]2)sc2c1CCC(C)C2. The number of ether oxygens (including phenoxy) is 1. The van der Waals surface area contributed by atoms with Gasteiger partial charge in [0.05, 0.1) is 29.9 Å². The summed E-state index contributed by atoms with van der Waals surface area (Å²) in [5, 5.41) is 3.63. The van der Waals surface area contributed by atoms with Crippen LogP contribution in [-0.4, -0.2) is 33.7 Å². The average molecular weight is 526 g/mol. The van der Waals surface area contributed by atoms with Crippen molar-refractivity contribution in [1.29, 1.82) is 0 Å². The van der Waals surface area contributed by atoms with E-state index in [2.05, 4.69) is 22.2 Å². The number of hydrogen-bond donors (Lipinski definition) is 2. The molecule has 36 heavy (non-hydrogen) atoms. The minimum absolute atomic E-state index is 0.215. The van der Waals surface area contributed by atoms with Crippen LogP contribution in [0.3, 0.4) is 0 Å². The molecule has 8 nitrogen and oxygen atoms in total. The first-order chi connectivity index (χ1) is 17.4. The lowest BCUT2D eigenvalue weighted by molar-refractivity contribution is -0.115. The Kier molecular flexibility index (Phi) is 7.06. The Morgan fingerprint density at radius 1 is 1.28 bits per heavy atom. The monoisotopic (exact) mass is 525 g/mol. The Balaban J connectivity index is 1.37. The number of nitrogens with zero attached hydrogens (tertiary/aromatic N) is 1. The molecule has 0 spiro atoms. The summed E-state index contributed by atoms with van der Waals surface area (Å²) in [6.45, 7) is 6.09. The number of imidazole rings is 1. The Bertz CT molecular complexity index is 1300. The van der Waals surface area contributed by atoms with Gasteiger partial charge in [-0.2, -0.15) is 0 Å². The fraction of sp³-hybridized carbons (Fsp3) is 0.346. The Morgan fingerprint density at radius 2 is 2.03 bits per heavy atom. The van der Waals surface area contributed by atoms with Gasteiger partial charge in [0.25, 0.3) is 0 Å². The van der Waals surface area contributed by atoms with Gasteiger partial charge in [0.15, 0.2) is 16.7 Å². The molecular weight excluding hydrogens is 498 g/mol. The summed E-state index contributed by atoms with van der Waals surface area (Å²) >= 11 is 2.77. The number of thioether (sulfide) groups is 1. The third kappa shape index (κ3) is 4.87. The molecule has 0 saturated carbocycles.